The van der Waals surface area contributed by atoms with Gasteiger partial charge in [-0.2, -0.15) is 0 Å². The molecule has 2 amide bonds. The molecule has 1 N–H and O–H groups in total. The fourth-order valence-corrected chi connectivity index (χ4v) is 3.31. The van der Waals surface area contributed by atoms with E-state index in [1.165, 1.54) is 17.0 Å². The number of nitro benzene ring substituents is 1. The number of benzene rings is 2. The van der Waals surface area contributed by atoms with Crippen LogP contribution >= 0.6 is 23.2 Å². The molecule has 0 radical (unpaired) electrons. The number of halogens is 2. The monoisotopic (exact) mass is 465 g/mol. The SMILES string of the molecule is C[C@@H](C(=O)NC(C)(C)C)N(Cc1ccc(Cl)c(Cl)c1)C(=O)Cc1ccccc1[N+](=O)[O-]. The van der Waals surface area contributed by atoms with E-state index in [-0.39, 0.29) is 30.1 Å². The zero-order chi connectivity index (χ0) is 23.3. The number of hydrogen-bond acceptors (Lipinski definition) is 4. The van der Waals surface area contributed by atoms with Gasteiger partial charge in [0.25, 0.3) is 5.69 Å². The van der Waals surface area contributed by atoms with Gasteiger partial charge in [0.2, 0.25) is 11.8 Å². The lowest BCUT2D eigenvalue weighted by molar-refractivity contribution is -0.385. The van der Waals surface area contributed by atoms with Gasteiger partial charge in [-0.15, -0.1) is 0 Å². The Morgan fingerprint density at radius 2 is 1.77 bits per heavy atom. The maximum Gasteiger partial charge on any atom is 0.273 e. The third-order valence-corrected chi connectivity index (χ3v) is 5.27. The molecule has 0 unspecified atom stereocenters. The zero-order valence-electron chi connectivity index (χ0n) is 17.8. The molecule has 0 saturated heterocycles. The van der Waals surface area contributed by atoms with E-state index in [0.717, 1.165) is 0 Å². The molecule has 0 fully saturated rings. The standard InChI is InChI=1S/C22H25Cl2N3O4/c1-14(21(29)25-22(2,3)4)26(13-15-9-10-17(23)18(24)11-15)20(28)12-16-7-5-6-8-19(16)27(30)31/h5-11,14H,12-13H2,1-4H3,(H,25,29)/t14-/m0/s1. The van der Waals surface area contributed by atoms with E-state index >= 15 is 0 Å². The van der Waals surface area contributed by atoms with Crippen LogP contribution in [-0.2, 0) is 22.6 Å². The average Bonchev–Trinajstić information content (AvgIpc) is 2.67. The quantitative estimate of drug-likeness (QED) is 0.470. The molecule has 0 heterocycles. The summed E-state index contributed by atoms with van der Waals surface area (Å²) in [5.41, 5.74) is 0.333. The van der Waals surface area contributed by atoms with Crippen LogP contribution in [0.15, 0.2) is 42.5 Å². The van der Waals surface area contributed by atoms with Crippen LogP contribution in [0.4, 0.5) is 5.69 Å². The van der Waals surface area contributed by atoms with Crippen LogP contribution in [0.5, 0.6) is 0 Å². The molecule has 31 heavy (non-hydrogen) atoms. The van der Waals surface area contributed by atoms with Gasteiger partial charge in [0.15, 0.2) is 0 Å². The number of amides is 2. The van der Waals surface area contributed by atoms with E-state index in [2.05, 4.69) is 5.32 Å². The molecule has 1 atom stereocenters. The first kappa shape index (κ1) is 24.6. The molecule has 0 saturated carbocycles. The van der Waals surface area contributed by atoms with Gasteiger partial charge in [0.05, 0.1) is 21.4 Å². The smallest absolute Gasteiger partial charge is 0.273 e. The molecule has 0 spiro atoms. The van der Waals surface area contributed by atoms with Crippen molar-refractivity contribution >= 4 is 40.7 Å². The Labute approximate surface area is 191 Å². The summed E-state index contributed by atoms with van der Waals surface area (Å²) in [7, 11) is 0. The second-order valence-corrected chi connectivity index (χ2v) is 9.06. The summed E-state index contributed by atoms with van der Waals surface area (Å²) in [4.78, 5) is 38.2. The van der Waals surface area contributed by atoms with Crippen LogP contribution in [0.2, 0.25) is 10.0 Å². The Morgan fingerprint density at radius 3 is 2.35 bits per heavy atom. The van der Waals surface area contributed by atoms with Crippen LogP contribution in [0.25, 0.3) is 0 Å². The molecule has 2 aromatic carbocycles. The number of rotatable bonds is 7. The van der Waals surface area contributed by atoms with Crippen molar-refractivity contribution in [2.75, 3.05) is 0 Å². The molecule has 0 aromatic heterocycles. The van der Waals surface area contributed by atoms with Crippen molar-refractivity contribution in [2.45, 2.75) is 52.2 Å². The first-order valence-corrected chi connectivity index (χ1v) is 10.4. The lowest BCUT2D eigenvalue weighted by Gasteiger charge is -2.31. The van der Waals surface area contributed by atoms with Crippen molar-refractivity contribution < 1.29 is 14.5 Å². The molecule has 166 valence electrons. The highest BCUT2D eigenvalue weighted by Crippen LogP contribution is 2.25. The third kappa shape index (κ3) is 6.94. The van der Waals surface area contributed by atoms with Crippen molar-refractivity contribution in [2.24, 2.45) is 0 Å². The fourth-order valence-electron chi connectivity index (χ4n) is 2.99. The summed E-state index contributed by atoms with van der Waals surface area (Å²) in [6.45, 7) is 7.24. The predicted octanol–water partition coefficient (Wildman–Crippen LogP) is 4.78. The first-order chi connectivity index (χ1) is 14.4. The molecule has 0 aliphatic rings. The van der Waals surface area contributed by atoms with Gasteiger partial charge < -0.3 is 10.2 Å². The molecular formula is C22H25Cl2N3O4. The van der Waals surface area contributed by atoms with Gasteiger partial charge in [0, 0.05) is 23.7 Å². The summed E-state index contributed by atoms with van der Waals surface area (Å²) in [6, 6.07) is 10.2. The molecule has 7 nitrogen and oxygen atoms in total. The molecule has 0 aliphatic heterocycles. The van der Waals surface area contributed by atoms with Crippen LogP contribution in [0.1, 0.15) is 38.8 Å². The number of nitro groups is 1. The summed E-state index contributed by atoms with van der Waals surface area (Å²) < 4.78 is 0. The van der Waals surface area contributed by atoms with Gasteiger partial charge >= 0.3 is 0 Å². The Bertz CT molecular complexity index is 989. The lowest BCUT2D eigenvalue weighted by Crippen LogP contribution is -2.52. The van der Waals surface area contributed by atoms with E-state index in [4.69, 9.17) is 23.2 Å². The molecule has 0 bridgehead atoms. The summed E-state index contributed by atoms with van der Waals surface area (Å²) in [6.07, 6.45) is -0.217. The van der Waals surface area contributed by atoms with Crippen molar-refractivity contribution in [3.05, 3.63) is 73.8 Å². The van der Waals surface area contributed by atoms with Gasteiger partial charge in [0.1, 0.15) is 6.04 Å². The molecule has 2 rings (SSSR count). The zero-order valence-corrected chi connectivity index (χ0v) is 19.3. The maximum atomic E-state index is 13.2. The normalized spacial score (nSPS) is 12.2. The second kappa shape index (κ2) is 10.1. The minimum Gasteiger partial charge on any atom is -0.350 e. The highest BCUT2D eigenvalue weighted by Gasteiger charge is 2.29. The number of nitrogens with one attached hydrogen (secondary N) is 1. The third-order valence-electron chi connectivity index (χ3n) is 4.53. The fraction of sp³-hybridized carbons (Fsp3) is 0.364. The number of hydrogen-bond donors (Lipinski definition) is 1. The summed E-state index contributed by atoms with van der Waals surface area (Å²) in [5, 5.41) is 14.9. The summed E-state index contributed by atoms with van der Waals surface area (Å²) in [5.74, 6) is -0.750. The van der Waals surface area contributed by atoms with E-state index in [1.807, 2.05) is 20.8 Å². The predicted molar refractivity (Wildman–Crippen MR) is 121 cm³/mol. The Kier molecular flexibility index (Phi) is 8.03. The highest BCUT2D eigenvalue weighted by molar-refractivity contribution is 6.42. The number of para-hydroxylation sites is 1. The highest BCUT2D eigenvalue weighted by atomic mass is 35.5. The Morgan fingerprint density at radius 1 is 1.13 bits per heavy atom. The van der Waals surface area contributed by atoms with Gasteiger partial charge in [-0.25, -0.2) is 0 Å². The van der Waals surface area contributed by atoms with Gasteiger partial charge in [-0.05, 0) is 45.4 Å². The van der Waals surface area contributed by atoms with Crippen molar-refractivity contribution in [3.8, 4) is 0 Å². The topological polar surface area (TPSA) is 92.6 Å². The molecule has 2 aromatic rings. The minimum atomic E-state index is -0.816. The lowest BCUT2D eigenvalue weighted by atomic mass is 10.1. The van der Waals surface area contributed by atoms with Crippen LogP contribution in [0.3, 0.4) is 0 Å². The largest absolute Gasteiger partial charge is 0.350 e. The summed E-state index contributed by atoms with van der Waals surface area (Å²) >= 11 is 12.1. The first-order valence-electron chi connectivity index (χ1n) is 9.67. The number of carbonyl (C=O) groups excluding carboxylic acids is 2. The number of nitrogens with zero attached hydrogens (tertiary/aromatic N) is 2. The minimum absolute atomic E-state index is 0.0923. The van der Waals surface area contributed by atoms with Crippen molar-refractivity contribution in [3.63, 3.8) is 0 Å². The van der Waals surface area contributed by atoms with E-state index < -0.39 is 22.4 Å². The second-order valence-electron chi connectivity index (χ2n) is 8.25. The van der Waals surface area contributed by atoms with Crippen molar-refractivity contribution in [1.82, 2.24) is 10.2 Å². The van der Waals surface area contributed by atoms with E-state index in [1.54, 1.807) is 37.3 Å². The van der Waals surface area contributed by atoms with Crippen molar-refractivity contribution in [1.29, 1.82) is 0 Å². The molecular weight excluding hydrogens is 441 g/mol. The Balaban J connectivity index is 2.36. The van der Waals surface area contributed by atoms with E-state index in [9.17, 15) is 19.7 Å². The van der Waals surface area contributed by atoms with Crippen LogP contribution < -0.4 is 5.32 Å². The van der Waals surface area contributed by atoms with Gasteiger partial charge in [-0.3, -0.25) is 19.7 Å². The Hall–Kier alpha value is -2.64. The maximum absolute atomic E-state index is 13.2. The molecule has 0 aliphatic carbocycles. The van der Waals surface area contributed by atoms with Crippen LogP contribution in [-0.4, -0.2) is 33.2 Å². The average molecular weight is 466 g/mol. The van der Waals surface area contributed by atoms with E-state index in [0.29, 0.717) is 15.6 Å². The van der Waals surface area contributed by atoms with Gasteiger partial charge in [-0.1, -0.05) is 47.5 Å². The van der Waals surface area contributed by atoms with Crippen LogP contribution in [0, 0.1) is 10.1 Å². The number of carbonyl (C=O) groups is 2. The molecule has 9 heteroatoms.